The molecule has 0 saturated heterocycles. The van der Waals surface area contributed by atoms with Gasteiger partial charge < -0.3 is 13.9 Å². The second-order valence-corrected chi connectivity index (χ2v) is 6.83. The molecule has 0 aliphatic heterocycles. The Morgan fingerprint density at radius 3 is 2.46 bits per heavy atom. The highest BCUT2D eigenvalue weighted by molar-refractivity contribution is 6.35. The van der Waals surface area contributed by atoms with Gasteiger partial charge in [-0.25, -0.2) is 4.98 Å². The molecule has 142 valence electrons. The van der Waals surface area contributed by atoms with Crippen LogP contribution in [0.4, 0.5) is 0 Å². The zero-order chi connectivity index (χ0) is 19.5. The van der Waals surface area contributed by atoms with E-state index in [0.29, 0.717) is 41.2 Å². The third kappa shape index (κ3) is 3.82. The van der Waals surface area contributed by atoms with Gasteiger partial charge in [-0.05, 0) is 43.7 Å². The Morgan fingerprint density at radius 2 is 1.75 bits per heavy atom. The molecule has 0 N–H and O–H groups in total. The van der Waals surface area contributed by atoms with E-state index in [9.17, 15) is 0 Å². The maximum atomic E-state index is 6.54. The number of furan rings is 1. The highest BCUT2D eigenvalue weighted by Crippen LogP contribution is 2.37. The minimum Gasteiger partial charge on any atom is -0.490 e. The van der Waals surface area contributed by atoms with Crippen LogP contribution in [0.15, 0.2) is 65.1 Å². The van der Waals surface area contributed by atoms with Gasteiger partial charge in [-0.3, -0.25) is 0 Å². The number of hydrogen-bond acceptors (Lipinski definition) is 4. The normalized spacial score (nSPS) is 11.0. The molecule has 5 heteroatoms. The number of aryl methyl sites for hydroxylation is 1. The molecule has 0 spiro atoms. The third-order valence-electron chi connectivity index (χ3n) is 4.35. The minimum atomic E-state index is 0.442. The standard InChI is InChI=1S/C23H20ClNO3/c1-3-26-22-11-17-18(24)12-20(21-10-9-15(2)28-21)25-19(17)13-23(22)27-14-16-7-5-4-6-8-16/h4-13H,3,14H2,1-2H3. The van der Waals surface area contributed by atoms with Crippen molar-refractivity contribution >= 4 is 22.5 Å². The van der Waals surface area contributed by atoms with Gasteiger partial charge in [-0.15, -0.1) is 0 Å². The number of rotatable bonds is 6. The molecule has 28 heavy (non-hydrogen) atoms. The van der Waals surface area contributed by atoms with Crippen molar-refractivity contribution in [2.75, 3.05) is 6.61 Å². The number of hydrogen-bond donors (Lipinski definition) is 0. The maximum Gasteiger partial charge on any atom is 0.163 e. The SMILES string of the molecule is CCOc1cc2c(Cl)cc(-c3ccc(C)o3)nc2cc1OCc1ccccc1. The molecule has 0 saturated carbocycles. The fraction of sp³-hybridized carbons (Fsp3) is 0.174. The van der Waals surface area contributed by atoms with Crippen LogP contribution in [0.5, 0.6) is 11.5 Å². The van der Waals surface area contributed by atoms with E-state index in [0.717, 1.165) is 22.2 Å². The van der Waals surface area contributed by atoms with E-state index in [1.807, 2.05) is 74.5 Å². The van der Waals surface area contributed by atoms with Crippen LogP contribution in [-0.4, -0.2) is 11.6 Å². The lowest BCUT2D eigenvalue weighted by Crippen LogP contribution is -2.00. The molecule has 4 aromatic rings. The quantitative estimate of drug-likeness (QED) is 0.378. The van der Waals surface area contributed by atoms with Crippen molar-refractivity contribution in [2.24, 2.45) is 0 Å². The molecule has 2 aromatic carbocycles. The summed E-state index contributed by atoms with van der Waals surface area (Å²) in [7, 11) is 0. The van der Waals surface area contributed by atoms with Gasteiger partial charge in [0.15, 0.2) is 17.3 Å². The Labute approximate surface area is 168 Å². The predicted octanol–water partition coefficient (Wildman–Crippen LogP) is 6.43. The Bertz CT molecular complexity index is 1110. The van der Waals surface area contributed by atoms with Gasteiger partial charge >= 0.3 is 0 Å². The van der Waals surface area contributed by atoms with Crippen molar-refractivity contribution < 1.29 is 13.9 Å². The molecule has 0 aliphatic carbocycles. The van der Waals surface area contributed by atoms with Gasteiger partial charge in [-0.2, -0.15) is 0 Å². The second-order valence-electron chi connectivity index (χ2n) is 6.42. The van der Waals surface area contributed by atoms with E-state index < -0.39 is 0 Å². The van der Waals surface area contributed by atoms with E-state index >= 15 is 0 Å². The Kier molecular flexibility index (Phi) is 5.22. The number of fused-ring (bicyclic) bond motifs is 1. The molecular formula is C23H20ClNO3. The summed E-state index contributed by atoms with van der Waals surface area (Å²) >= 11 is 6.54. The predicted molar refractivity (Wildman–Crippen MR) is 111 cm³/mol. The lowest BCUT2D eigenvalue weighted by molar-refractivity contribution is 0.270. The van der Waals surface area contributed by atoms with E-state index in [2.05, 4.69) is 0 Å². The first kappa shape index (κ1) is 18.4. The largest absolute Gasteiger partial charge is 0.490 e. The van der Waals surface area contributed by atoms with Crippen LogP contribution in [0.3, 0.4) is 0 Å². The number of aromatic nitrogens is 1. The van der Waals surface area contributed by atoms with Gasteiger partial charge in [-0.1, -0.05) is 41.9 Å². The lowest BCUT2D eigenvalue weighted by Gasteiger charge is -2.14. The molecule has 0 aliphatic rings. The zero-order valence-corrected chi connectivity index (χ0v) is 16.5. The molecule has 2 heterocycles. The fourth-order valence-electron chi connectivity index (χ4n) is 3.01. The molecule has 0 unspecified atom stereocenters. The topological polar surface area (TPSA) is 44.5 Å². The number of benzene rings is 2. The molecule has 0 radical (unpaired) electrons. The van der Waals surface area contributed by atoms with E-state index in [4.69, 9.17) is 30.5 Å². The van der Waals surface area contributed by atoms with Gasteiger partial charge in [0.2, 0.25) is 0 Å². The molecule has 0 fully saturated rings. The molecule has 4 rings (SSSR count). The Hall–Kier alpha value is -2.98. The molecule has 4 nitrogen and oxygen atoms in total. The van der Waals surface area contributed by atoms with E-state index in [1.54, 1.807) is 0 Å². The van der Waals surface area contributed by atoms with Crippen molar-refractivity contribution in [3.05, 3.63) is 77.0 Å². The monoisotopic (exact) mass is 393 g/mol. The van der Waals surface area contributed by atoms with Crippen LogP contribution in [0, 0.1) is 6.92 Å². The summed E-state index contributed by atoms with van der Waals surface area (Å²) in [6.07, 6.45) is 0. The first-order valence-electron chi connectivity index (χ1n) is 9.14. The van der Waals surface area contributed by atoms with Crippen molar-refractivity contribution in [3.63, 3.8) is 0 Å². The fourth-order valence-corrected chi connectivity index (χ4v) is 3.26. The summed E-state index contributed by atoms with van der Waals surface area (Å²) in [5, 5.41) is 1.40. The molecule has 0 amide bonds. The zero-order valence-electron chi connectivity index (χ0n) is 15.7. The smallest absolute Gasteiger partial charge is 0.163 e. The second kappa shape index (κ2) is 7.95. The van der Waals surface area contributed by atoms with Gasteiger partial charge in [0, 0.05) is 11.5 Å². The van der Waals surface area contributed by atoms with Gasteiger partial charge in [0.25, 0.3) is 0 Å². The lowest BCUT2D eigenvalue weighted by atomic mass is 10.1. The van der Waals surface area contributed by atoms with Crippen LogP contribution < -0.4 is 9.47 Å². The van der Waals surface area contributed by atoms with Crippen molar-refractivity contribution in [1.29, 1.82) is 0 Å². The van der Waals surface area contributed by atoms with Crippen LogP contribution in [0.1, 0.15) is 18.2 Å². The highest BCUT2D eigenvalue weighted by Gasteiger charge is 2.14. The number of ether oxygens (including phenoxy) is 2. The molecular weight excluding hydrogens is 374 g/mol. The average Bonchev–Trinajstić information content (AvgIpc) is 3.14. The van der Waals surface area contributed by atoms with Crippen molar-refractivity contribution in [1.82, 2.24) is 4.98 Å². The van der Waals surface area contributed by atoms with Gasteiger partial charge in [0.05, 0.1) is 17.1 Å². The highest BCUT2D eigenvalue weighted by atomic mass is 35.5. The average molecular weight is 394 g/mol. The van der Waals surface area contributed by atoms with Gasteiger partial charge in [0.1, 0.15) is 18.1 Å². The van der Waals surface area contributed by atoms with E-state index in [-0.39, 0.29) is 0 Å². The van der Waals surface area contributed by atoms with Crippen molar-refractivity contribution in [3.8, 4) is 23.0 Å². The first-order chi connectivity index (χ1) is 13.6. The van der Waals surface area contributed by atoms with Crippen LogP contribution in [-0.2, 0) is 6.61 Å². The van der Waals surface area contributed by atoms with Crippen LogP contribution in [0.2, 0.25) is 5.02 Å². The number of halogens is 1. The summed E-state index contributed by atoms with van der Waals surface area (Å²) in [6.45, 7) is 4.81. The summed E-state index contributed by atoms with van der Waals surface area (Å²) in [4.78, 5) is 4.72. The van der Waals surface area contributed by atoms with E-state index in [1.165, 1.54) is 0 Å². The number of nitrogens with zero attached hydrogens (tertiary/aromatic N) is 1. The summed E-state index contributed by atoms with van der Waals surface area (Å²) in [5.74, 6) is 2.79. The summed E-state index contributed by atoms with van der Waals surface area (Å²) in [5.41, 5.74) is 2.49. The Balaban J connectivity index is 1.75. The maximum absolute atomic E-state index is 6.54. The Morgan fingerprint density at radius 1 is 0.964 bits per heavy atom. The minimum absolute atomic E-state index is 0.442. The molecule has 2 aromatic heterocycles. The molecule has 0 bridgehead atoms. The van der Waals surface area contributed by atoms with Crippen LogP contribution in [0.25, 0.3) is 22.4 Å². The number of pyridine rings is 1. The third-order valence-corrected chi connectivity index (χ3v) is 4.67. The summed E-state index contributed by atoms with van der Waals surface area (Å²) < 4.78 is 17.5. The van der Waals surface area contributed by atoms with Crippen molar-refractivity contribution in [2.45, 2.75) is 20.5 Å². The molecule has 0 atom stereocenters. The first-order valence-corrected chi connectivity index (χ1v) is 9.52. The summed E-state index contributed by atoms with van der Waals surface area (Å²) in [6, 6.07) is 19.4. The van der Waals surface area contributed by atoms with Crippen LogP contribution >= 0.6 is 11.6 Å².